The Kier molecular flexibility index (Phi) is 6.97. The summed E-state index contributed by atoms with van der Waals surface area (Å²) >= 11 is 1.82. The van der Waals surface area contributed by atoms with Crippen molar-refractivity contribution in [1.82, 2.24) is 4.90 Å². The molecule has 5 rings (SSSR count). The van der Waals surface area contributed by atoms with Gasteiger partial charge in [0.15, 0.2) is 0 Å². The lowest BCUT2D eigenvalue weighted by Crippen LogP contribution is -2.35. The van der Waals surface area contributed by atoms with Gasteiger partial charge in [-0.15, -0.1) is 11.8 Å². The standard InChI is InChI=1S/C30H27NO2S/c32-29(28(24-12-6-2-7-13-24)25-14-8-3-9-15-25)31-20-21-34-30(31)26-16-18-27(19-17-26)33-22-23-10-4-1-5-11-23/h1-19,28,30H,20-22H2. The number of hydrogen-bond acceptors (Lipinski definition) is 3. The summed E-state index contributed by atoms with van der Waals surface area (Å²) in [6, 6.07) is 38.5. The molecule has 1 aliphatic rings. The first-order valence-corrected chi connectivity index (χ1v) is 12.6. The molecule has 0 saturated carbocycles. The van der Waals surface area contributed by atoms with E-state index in [1.807, 2.05) is 108 Å². The molecule has 0 aromatic heterocycles. The number of rotatable bonds is 7. The van der Waals surface area contributed by atoms with E-state index in [4.69, 9.17) is 4.74 Å². The van der Waals surface area contributed by atoms with Gasteiger partial charge in [0.2, 0.25) is 5.91 Å². The van der Waals surface area contributed by atoms with Crippen LogP contribution in [-0.4, -0.2) is 23.1 Å². The van der Waals surface area contributed by atoms with Crippen molar-refractivity contribution in [2.45, 2.75) is 17.9 Å². The minimum Gasteiger partial charge on any atom is -0.489 e. The maximum absolute atomic E-state index is 13.9. The summed E-state index contributed by atoms with van der Waals surface area (Å²) < 4.78 is 5.95. The van der Waals surface area contributed by atoms with Crippen molar-refractivity contribution in [2.75, 3.05) is 12.3 Å². The van der Waals surface area contributed by atoms with Gasteiger partial charge in [0.25, 0.3) is 0 Å². The van der Waals surface area contributed by atoms with Gasteiger partial charge in [-0.1, -0.05) is 103 Å². The fraction of sp³-hybridized carbons (Fsp3) is 0.167. The van der Waals surface area contributed by atoms with Crippen molar-refractivity contribution in [3.05, 3.63) is 138 Å². The van der Waals surface area contributed by atoms with E-state index in [2.05, 4.69) is 24.3 Å². The lowest BCUT2D eigenvalue weighted by atomic mass is 9.90. The highest BCUT2D eigenvalue weighted by Crippen LogP contribution is 2.41. The molecule has 4 heteroatoms. The molecular weight excluding hydrogens is 438 g/mol. The maximum atomic E-state index is 13.9. The van der Waals surface area contributed by atoms with Crippen molar-refractivity contribution < 1.29 is 9.53 Å². The Bertz CT molecular complexity index is 1160. The number of amides is 1. The van der Waals surface area contributed by atoms with Crippen LogP contribution in [0.2, 0.25) is 0 Å². The minimum absolute atomic E-state index is 0.00518. The van der Waals surface area contributed by atoms with Gasteiger partial charge in [-0.05, 0) is 34.4 Å². The molecule has 0 aliphatic carbocycles. The molecule has 0 radical (unpaired) electrons. The molecule has 4 aromatic rings. The van der Waals surface area contributed by atoms with Gasteiger partial charge in [-0.3, -0.25) is 4.79 Å². The van der Waals surface area contributed by atoms with Crippen LogP contribution in [0.25, 0.3) is 0 Å². The van der Waals surface area contributed by atoms with E-state index in [1.165, 1.54) is 0 Å². The van der Waals surface area contributed by atoms with E-state index < -0.39 is 0 Å². The lowest BCUT2D eigenvalue weighted by Gasteiger charge is -2.29. The Morgan fingerprint density at radius 3 is 1.94 bits per heavy atom. The zero-order chi connectivity index (χ0) is 23.2. The molecule has 170 valence electrons. The molecule has 4 aromatic carbocycles. The van der Waals surface area contributed by atoms with Crippen LogP contribution in [0.15, 0.2) is 115 Å². The highest BCUT2D eigenvalue weighted by Gasteiger charge is 2.35. The fourth-order valence-corrected chi connectivity index (χ4v) is 5.64. The second kappa shape index (κ2) is 10.6. The number of nitrogens with zero attached hydrogens (tertiary/aromatic N) is 1. The van der Waals surface area contributed by atoms with Crippen LogP contribution in [-0.2, 0) is 11.4 Å². The van der Waals surface area contributed by atoms with Crippen molar-refractivity contribution in [1.29, 1.82) is 0 Å². The number of carbonyl (C=O) groups is 1. The molecule has 1 amide bonds. The van der Waals surface area contributed by atoms with Gasteiger partial charge in [0.05, 0.1) is 5.92 Å². The second-order valence-electron chi connectivity index (χ2n) is 8.35. The Morgan fingerprint density at radius 2 is 1.35 bits per heavy atom. The summed E-state index contributed by atoms with van der Waals surface area (Å²) in [6.07, 6.45) is 0. The van der Waals surface area contributed by atoms with Crippen LogP contribution >= 0.6 is 11.8 Å². The van der Waals surface area contributed by atoms with Crippen LogP contribution in [0.3, 0.4) is 0 Å². The monoisotopic (exact) mass is 465 g/mol. The Balaban J connectivity index is 1.35. The quantitative estimate of drug-likeness (QED) is 0.305. The van der Waals surface area contributed by atoms with Gasteiger partial charge < -0.3 is 9.64 Å². The van der Waals surface area contributed by atoms with Crippen molar-refractivity contribution >= 4 is 17.7 Å². The molecule has 0 bridgehead atoms. The average molecular weight is 466 g/mol. The molecule has 0 spiro atoms. The molecule has 1 aliphatic heterocycles. The third-order valence-corrected chi connectivity index (χ3v) is 7.36. The van der Waals surface area contributed by atoms with Gasteiger partial charge in [0.1, 0.15) is 17.7 Å². The molecule has 1 heterocycles. The number of thioether (sulfide) groups is 1. The van der Waals surface area contributed by atoms with Crippen LogP contribution in [0.1, 0.15) is 33.5 Å². The summed E-state index contributed by atoms with van der Waals surface area (Å²) in [6.45, 7) is 1.29. The molecule has 1 atom stereocenters. The zero-order valence-electron chi connectivity index (χ0n) is 18.9. The maximum Gasteiger partial charge on any atom is 0.235 e. The first kappa shape index (κ1) is 22.3. The number of carbonyl (C=O) groups excluding carboxylic acids is 1. The molecule has 34 heavy (non-hydrogen) atoms. The van der Waals surface area contributed by atoms with Crippen molar-refractivity contribution in [2.24, 2.45) is 0 Å². The zero-order valence-corrected chi connectivity index (χ0v) is 19.7. The van der Waals surface area contributed by atoms with E-state index >= 15 is 0 Å². The molecular formula is C30H27NO2S. The summed E-state index contributed by atoms with van der Waals surface area (Å²) in [5.41, 5.74) is 4.32. The Hall–Kier alpha value is -3.50. The van der Waals surface area contributed by atoms with E-state index in [-0.39, 0.29) is 17.2 Å². The molecule has 1 saturated heterocycles. The smallest absolute Gasteiger partial charge is 0.235 e. The van der Waals surface area contributed by atoms with Gasteiger partial charge >= 0.3 is 0 Å². The van der Waals surface area contributed by atoms with Gasteiger partial charge in [-0.25, -0.2) is 0 Å². The molecule has 3 nitrogen and oxygen atoms in total. The second-order valence-corrected chi connectivity index (χ2v) is 9.54. The third-order valence-electron chi connectivity index (χ3n) is 6.10. The number of benzene rings is 4. The van der Waals surface area contributed by atoms with E-state index in [9.17, 15) is 4.79 Å². The highest BCUT2D eigenvalue weighted by atomic mass is 32.2. The Labute approximate surface area is 205 Å². The topological polar surface area (TPSA) is 29.5 Å². The van der Waals surface area contributed by atoms with Crippen LogP contribution in [0, 0.1) is 0 Å². The summed E-state index contributed by atoms with van der Waals surface area (Å²) in [4.78, 5) is 16.0. The van der Waals surface area contributed by atoms with Crippen LogP contribution < -0.4 is 4.74 Å². The summed E-state index contributed by atoms with van der Waals surface area (Å²) in [7, 11) is 0. The lowest BCUT2D eigenvalue weighted by molar-refractivity contribution is -0.132. The Morgan fingerprint density at radius 1 is 0.794 bits per heavy atom. The molecule has 1 unspecified atom stereocenters. The first-order valence-electron chi connectivity index (χ1n) is 11.6. The highest BCUT2D eigenvalue weighted by molar-refractivity contribution is 7.99. The predicted octanol–water partition coefficient (Wildman–Crippen LogP) is 6.67. The van der Waals surface area contributed by atoms with Crippen LogP contribution in [0.5, 0.6) is 5.75 Å². The largest absolute Gasteiger partial charge is 0.489 e. The van der Waals surface area contributed by atoms with Crippen LogP contribution in [0.4, 0.5) is 0 Å². The molecule has 1 fully saturated rings. The van der Waals surface area contributed by atoms with E-state index in [0.29, 0.717) is 6.61 Å². The predicted molar refractivity (Wildman–Crippen MR) is 139 cm³/mol. The normalized spacial score (nSPS) is 15.4. The van der Waals surface area contributed by atoms with Gasteiger partial charge in [-0.2, -0.15) is 0 Å². The van der Waals surface area contributed by atoms with Crippen molar-refractivity contribution in [3.63, 3.8) is 0 Å². The van der Waals surface area contributed by atoms with E-state index in [1.54, 1.807) is 0 Å². The summed E-state index contributed by atoms with van der Waals surface area (Å²) in [5, 5.41) is 0.00518. The molecule has 0 N–H and O–H groups in total. The SMILES string of the molecule is O=C(C(c1ccccc1)c1ccccc1)N1CCSC1c1ccc(OCc2ccccc2)cc1. The van der Waals surface area contributed by atoms with Crippen molar-refractivity contribution in [3.8, 4) is 5.75 Å². The minimum atomic E-state index is -0.308. The summed E-state index contributed by atoms with van der Waals surface area (Å²) in [5.74, 6) is 1.60. The number of hydrogen-bond donors (Lipinski definition) is 0. The first-order chi connectivity index (χ1) is 16.8. The average Bonchev–Trinajstić information content (AvgIpc) is 3.40. The van der Waals surface area contributed by atoms with Gasteiger partial charge in [0, 0.05) is 12.3 Å². The van der Waals surface area contributed by atoms with E-state index in [0.717, 1.165) is 40.3 Å². The third kappa shape index (κ3) is 5.02. The number of ether oxygens (including phenoxy) is 1. The fourth-order valence-electron chi connectivity index (χ4n) is 4.38.